The van der Waals surface area contributed by atoms with E-state index in [1.165, 1.54) is 0 Å². The smallest absolute Gasteiger partial charge is 0.393 e. The van der Waals surface area contributed by atoms with Crippen LogP contribution in [0.2, 0.25) is 0 Å². The fourth-order valence-electron chi connectivity index (χ4n) is 0. The Morgan fingerprint density at radius 1 is 1.67 bits per heavy atom. The van der Waals surface area contributed by atoms with Gasteiger partial charge in [0.1, 0.15) is 0 Å². The number of hydrogen-bond donors (Lipinski definition) is 1. The minimum absolute atomic E-state index is 0. The first-order valence-corrected chi connectivity index (χ1v) is 1.95. The van der Waals surface area contributed by atoms with Gasteiger partial charge in [0.15, 0.2) is 0 Å². The Bertz CT molecular complexity index is 21.5. The van der Waals surface area contributed by atoms with Gasteiger partial charge in [-0.25, -0.2) is 0 Å². The molecule has 1 atom stereocenters. The molecule has 0 aliphatic heterocycles. The Kier molecular flexibility index (Phi) is 9.03. The first kappa shape index (κ1) is 9.75. The van der Waals surface area contributed by atoms with E-state index in [9.17, 15) is 0 Å². The van der Waals surface area contributed by atoms with Gasteiger partial charge in [-0.05, 0) is 13.3 Å². The molecule has 0 heterocycles. The van der Waals surface area contributed by atoms with Gasteiger partial charge < -0.3 is 5.11 Å². The average molecular weight is 81.1 g/mol. The molecule has 0 aliphatic rings. The quantitative estimate of drug-likeness (QED) is 0.354. The van der Waals surface area contributed by atoms with E-state index in [0.717, 1.165) is 6.42 Å². The Labute approximate surface area is 50.9 Å². The van der Waals surface area contributed by atoms with E-state index < -0.39 is 0 Å². The Morgan fingerprint density at radius 2 is 1.83 bits per heavy atom. The van der Waals surface area contributed by atoms with Crippen molar-refractivity contribution in [2.24, 2.45) is 0 Å². The van der Waals surface area contributed by atoms with Gasteiger partial charge in [-0.3, -0.25) is 0 Å². The minimum Gasteiger partial charge on any atom is -0.393 e. The summed E-state index contributed by atoms with van der Waals surface area (Å²) < 4.78 is 0. The molecule has 0 rings (SSSR count). The summed E-state index contributed by atoms with van der Waals surface area (Å²) >= 11 is 0. The van der Waals surface area contributed by atoms with E-state index in [1.54, 1.807) is 6.92 Å². The maximum atomic E-state index is 8.36. The normalized spacial score (nSPS) is 12.5. The van der Waals surface area contributed by atoms with Crippen molar-refractivity contribution >= 4 is 0 Å². The third-order valence-electron chi connectivity index (χ3n) is 0.591. The zero-order chi connectivity index (χ0) is 4.28. The van der Waals surface area contributed by atoms with E-state index >= 15 is 0 Å². The van der Waals surface area contributed by atoms with Crippen LogP contribution in [0.25, 0.3) is 0 Å². The van der Waals surface area contributed by atoms with Crippen LogP contribution < -0.4 is 18.9 Å². The molecule has 1 unspecified atom stereocenters. The van der Waals surface area contributed by atoms with E-state index in [-0.39, 0.29) is 25.0 Å². The van der Waals surface area contributed by atoms with Crippen molar-refractivity contribution in [1.82, 2.24) is 0 Å². The second kappa shape index (κ2) is 5.56. The minimum atomic E-state index is -0.116. The van der Waals surface area contributed by atoms with Gasteiger partial charge in [0.25, 0.3) is 0 Å². The summed E-state index contributed by atoms with van der Waals surface area (Å²) in [5, 5.41) is 8.36. The van der Waals surface area contributed by atoms with Gasteiger partial charge in [-0.1, -0.05) is 6.92 Å². The summed E-state index contributed by atoms with van der Waals surface area (Å²) in [4.78, 5) is 0. The van der Waals surface area contributed by atoms with Crippen LogP contribution in [0.3, 0.4) is 0 Å². The van der Waals surface area contributed by atoms with E-state index in [4.69, 9.17) is 5.11 Å². The predicted octanol–water partition coefficient (Wildman–Crippen LogP) is -2.22. The van der Waals surface area contributed by atoms with Gasteiger partial charge in [0.2, 0.25) is 0 Å². The van der Waals surface area contributed by atoms with Crippen LogP contribution in [-0.4, -0.2) is 11.2 Å². The summed E-state index contributed by atoms with van der Waals surface area (Å²) in [6, 6.07) is 0. The van der Waals surface area contributed by atoms with Crippen molar-refractivity contribution in [1.29, 1.82) is 0 Å². The summed E-state index contributed by atoms with van der Waals surface area (Å²) in [7, 11) is 0. The molecule has 0 aromatic rings. The second-order valence-electron chi connectivity index (χ2n) is 1.26. The molecule has 6 heavy (non-hydrogen) atoms. The molecule has 2 heteroatoms. The van der Waals surface area contributed by atoms with Crippen molar-refractivity contribution in [3.05, 3.63) is 0 Å². The fraction of sp³-hybridized carbons (Fsp3) is 1.00. The molecule has 0 radical (unpaired) electrons. The topological polar surface area (TPSA) is 20.2 Å². The zero-order valence-electron chi connectivity index (χ0n) is 4.73. The van der Waals surface area contributed by atoms with Crippen molar-refractivity contribution in [3.63, 3.8) is 0 Å². The van der Waals surface area contributed by atoms with Crippen LogP contribution in [0.15, 0.2) is 0 Å². The maximum absolute atomic E-state index is 8.36. The molecule has 0 aromatic carbocycles. The number of rotatable bonds is 1. The molecule has 0 aliphatic carbocycles. The van der Waals surface area contributed by atoms with Crippen molar-refractivity contribution in [3.8, 4) is 0 Å². The third-order valence-corrected chi connectivity index (χ3v) is 0.591. The largest absolute Gasteiger partial charge is 1.00 e. The van der Waals surface area contributed by atoms with Crippen molar-refractivity contribution < 1.29 is 24.0 Å². The molecule has 0 saturated heterocycles. The molecule has 0 aromatic heterocycles. The molecule has 0 spiro atoms. The fourth-order valence-corrected chi connectivity index (χ4v) is 0. The van der Waals surface area contributed by atoms with Gasteiger partial charge in [-0.15, -0.1) is 0 Å². The third kappa shape index (κ3) is 8.82. The van der Waals surface area contributed by atoms with Crippen molar-refractivity contribution in [2.75, 3.05) is 0 Å². The number of hydrogen-bond acceptors (Lipinski definition) is 1. The SMILES string of the molecule is CCC(C)O.[Li+]. The summed E-state index contributed by atoms with van der Waals surface area (Å²) in [6.07, 6.45) is 0.745. The van der Waals surface area contributed by atoms with Crippen LogP contribution in [0.1, 0.15) is 20.3 Å². The van der Waals surface area contributed by atoms with Crippen molar-refractivity contribution in [2.45, 2.75) is 26.4 Å². The summed E-state index contributed by atoms with van der Waals surface area (Å²) in [6.45, 7) is 3.73. The molecule has 0 saturated carbocycles. The van der Waals surface area contributed by atoms with Crippen LogP contribution in [0.4, 0.5) is 0 Å². The Hall–Kier alpha value is 0.557. The molecular weight excluding hydrogens is 71.0 g/mol. The number of aliphatic hydroxyl groups is 1. The van der Waals surface area contributed by atoms with E-state index in [1.807, 2.05) is 6.92 Å². The Balaban J connectivity index is 0. The summed E-state index contributed by atoms with van der Waals surface area (Å²) in [5.74, 6) is 0. The molecular formula is C4H10LiO+. The van der Waals surface area contributed by atoms with E-state index in [2.05, 4.69) is 0 Å². The summed E-state index contributed by atoms with van der Waals surface area (Å²) in [5.41, 5.74) is 0. The van der Waals surface area contributed by atoms with Gasteiger partial charge in [0.05, 0.1) is 6.10 Å². The van der Waals surface area contributed by atoms with E-state index in [0.29, 0.717) is 0 Å². The predicted molar refractivity (Wildman–Crippen MR) is 22.0 cm³/mol. The van der Waals surface area contributed by atoms with Gasteiger partial charge >= 0.3 is 18.9 Å². The standard InChI is InChI=1S/C4H10O.Li/c1-3-4(2)5;/h4-5H,3H2,1-2H3;/q;+1. The molecule has 32 valence electrons. The maximum Gasteiger partial charge on any atom is 1.00 e. The molecule has 0 amide bonds. The van der Waals surface area contributed by atoms with Gasteiger partial charge in [-0.2, -0.15) is 0 Å². The van der Waals surface area contributed by atoms with Crippen LogP contribution in [0.5, 0.6) is 0 Å². The first-order chi connectivity index (χ1) is 2.27. The zero-order valence-corrected chi connectivity index (χ0v) is 4.73. The van der Waals surface area contributed by atoms with Gasteiger partial charge in [0, 0.05) is 0 Å². The molecule has 0 fully saturated rings. The second-order valence-corrected chi connectivity index (χ2v) is 1.26. The first-order valence-electron chi connectivity index (χ1n) is 1.95. The average Bonchev–Trinajstić information content (AvgIpc) is 1.38. The monoisotopic (exact) mass is 81.1 g/mol. The molecule has 1 N–H and O–H groups in total. The molecule has 1 nitrogen and oxygen atoms in total. The van der Waals surface area contributed by atoms with Crippen LogP contribution >= 0.6 is 0 Å². The molecule has 0 bridgehead atoms. The number of aliphatic hydroxyl groups excluding tert-OH is 1. The Morgan fingerprint density at radius 3 is 1.83 bits per heavy atom. The van der Waals surface area contributed by atoms with Crippen LogP contribution in [0, 0.1) is 0 Å². The van der Waals surface area contributed by atoms with Crippen LogP contribution in [-0.2, 0) is 0 Å².